The number of hydrogen-bond acceptors (Lipinski definition) is 4. The Morgan fingerprint density at radius 3 is 1.85 bits per heavy atom. The van der Waals surface area contributed by atoms with Gasteiger partial charge in [0.1, 0.15) is 0 Å². The molecule has 40 heavy (non-hydrogen) atoms. The second kappa shape index (κ2) is 20.8. The molecule has 0 radical (unpaired) electrons. The largest absolute Gasteiger partial charge is 0.472 e. The van der Waals surface area contributed by atoms with Crippen LogP contribution in [0.3, 0.4) is 0 Å². The van der Waals surface area contributed by atoms with Crippen LogP contribution in [0, 0.1) is 0 Å². The van der Waals surface area contributed by atoms with Crippen LogP contribution in [0.2, 0.25) is 0 Å². The Kier molecular flexibility index (Phi) is 18.8. The molecule has 228 valence electrons. The summed E-state index contributed by atoms with van der Waals surface area (Å²) in [6, 6.07) is 21.0. The number of amides is 1. The van der Waals surface area contributed by atoms with Gasteiger partial charge in [0.25, 0.3) is 0 Å². The quantitative estimate of drug-likeness (QED) is 0.173. The van der Waals surface area contributed by atoms with Crippen LogP contribution >= 0.6 is 7.82 Å². The lowest BCUT2D eigenvalue weighted by molar-refractivity contribution is -0.120. The third-order valence-electron chi connectivity index (χ3n) is 7.26. The Morgan fingerprint density at radius 1 is 0.900 bits per heavy atom. The van der Waals surface area contributed by atoms with Gasteiger partial charge in [-0.15, -0.1) is 0 Å². The Balaban J connectivity index is 0.00000158. The molecule has 3 rings (SSSR count). The second-order valence-corrected chi connectivity index (χ2v) is 11.5. The summed E-state index contributed by atoms with van der Waals surface area (Å²) in [7, 11) is -2.49. The third-order valence-corrected chi connectivity index (χ3v) is 8.33. The summed E-state index contributed by atoms with van der Waals surface area (Å²) >= 11 is 0. The van der Waals surface area contributed by atoms with Crippen molar-refractivity contribution in [3.8, 4) is 0 Å². The Bertz CT molecular complexity index is 907. The molecule has 0 bridgehead atoms. The first-order chi connectivity index (χ1) is 19.4. The Labute approximate surface area is 245 Å². The van der Waals surface area contributed by atoms with Crippen molar-refractivity contribution in [1.82, 2.24) is 5.32 Å². The molecule has 1 atom stereocenters. The van der Waals surface area contributed by atoms with Gasteiger partial charge in [-0.25, -0.2) is 4.57 Å². The van der Waals surface area contributed by atoms with Crippen LogP contribution < -0.4 is 5.32 Å². The molecular formula is C33H56NO5P. The van der Waals surface area contributed by atoms with E-state index in [4.69, 9.17) is 9.05 Å². The predicted molar refractivity (Wildman–Crippen MR) is 169 cm³/mol. The van der Waals surface area contributed by atoms with Gasteiger partial charge in [-0.05, 0) is 49.7 Å². The summed E-state index contributed by atoms with van der Waals surface area (Å²) in [5.41, 5.74) is 2.42. The molecule has 7 heteroatoms. The lowest BCUT2D eigenvalue weighted by Gasteiger charge is -2.41. The highest BCUT2D eigenvalue weighted by Crippen LogP contribution is 2.51. The minimum Gasteiger partial charge on any atom is -0.359 e. The van der Waals surface area contributed by atoms with E-state index in [1.807, 2.05) is 26.0 Å². The van der Waals surface area contributed by atoms with E-state index < -0.39 is 7.82 Å². The van der Waals surface area contributed by atoms with Crippen LogP contribution in [-0.2, 0) is 23.8 Å². The molecular weight excluding hydrogens is 521 g/mol. The molecule has 0 saturated heterocycles. The van der Waals surface area contributed by atoms with E-state index in [2.05, 4.69) is 67.7 Å². The average molecular weight is 578 g/mol. The molecule has 1 saturated carbocycles. The van der Waals surface area contributed by atoms with Gasteiger partial charge in [-0.2, -0.15) is 0 Å². The number of phosphoric ester groups is 1. The normalized spacial score (nSPS) is 15.9. The van der Waals surface area contributed by atoms with Gasteiger partial charge in [0.2, 0.25) is 5.91 Å². The van der Waals surface area contributed by atoms with Gasteiger partial charge in [0.15, 0.2) is 0 Å². The molecule has 1 aliphatic carbocycles. The zero-order valence-electron chi connectivity index (χ0n) is 25.6. The standard InChI is InChI=1S/C25H34NO5P.C6H14.C2H6.H2/c1-26-24(27)15-9-4-10-20-30-32(28,29)31-23-16-18-25(19-17-23,21-11-5-2-6-12-21)22-13-7-3-8-14-22;1-3-5-6-4-2;1-2;/h2-3,5-8,11-14,23H,4,9-10,15-20H2,1H3,(H,26,27)(H,28,29);3-6H2,1-2H3;1-2H3;1H. The van der Waals surface area contributed by atoms with E-state index in [1.165, 1.54) is 36.8 Å². The number of nitrogens with one attached hydrogen (secondary N) is 1. The first-order valence-corrected chi connectivity index (χ1v) is 16.8. The molecule has 0 aromatic heterocycles. The molecule has 1 amide bonds. The monoisotopic (exact) mass is 577 g/mol. The van der Waals surface area contributed by atoms with Crippen molar-refractivity contribution >= 4 is 13.7 Å². The number of carbonyl (C=O) groups excluding carboxylic acids is 1. The van der Waals surface area contributed by atoms with Crippen molar-refractivity contribution in [2.24, 2.45) is 0 Å². The number of rotatable bonds is 14. The van der Waals surface area contributed by atoms with Gasteiger partial charge in [0.05, 0.1) is 12.7 Å². The third kappa shape index (κ3) is 13.1. The van der Waals surface area contributed by atoms with Gasteiger partial charge >= 0.3 is 7.82 Å². The molecule has 1 unspecified atom stereocenters. The fourth-order valence-electron chi connectivity index (χ4n) is 5.04. The lowest BCUT2D eigenvalue weighted by Crippen LogP contribution is -2.35. The molecule has 1 aliphatic rings. The van der Waals surface area contributed by atoms with Gasteiger partial charge < -0.3 is 10.2 Å². The molecule has 2 aromatic rings. The Hall–Kier alpha value is -1.98. The smallest absolute Gasteiger partial charge is 0.359 e. The van der Waals surface area contributed by atoms with Crippen LogP contribution in [-0.4, -0.2) is 30.6 Å². The van der Waals surface area contributed by atoms with E-state index in [0.29, 0.717) is 25.7 Å². The average Bonchev–Trinajstić information content (AvgIpc) is 3.00. The fourth-order valence-corrected chi connectivity index (χ4v) is 6.04. The van der Waals surface area contributed by atoms with Crippen molar-refractivity contribution in [3.63, 3.8) is 0 Å². The molecule has 2 aromatic carbocycles. The molecule has 1 fully saturated rings. The summed E-state index contributed by atoms with van der Waals surface area (Å²) in [6.45, 7) is 8.61. The maximum absolute atomic E-state index is 12.4. The molecule has 0 heterocycles. The lowest BCUT2D eigenvalue weighted by atomic mass is 9.65. The molecule has 6 nitrogen and oxygen atoms in total. The highest BCUT2D eigenvalue weighted by Gasteiger charge is 2.40. The van der Waals surface area contributed by atoms with Crippen molar-refractivity contribution in [3.05, 3.63) is 71.8 Å². The van der Waals surface area contributed by atoms with Crippen LogP contribution in [0.4, 0.5) is 0 Å². The summed E-state index contributed by atoms with van der Waals surface area (Å²) in [4.78, 5) is 21.4. The maximum atomic E-state index is 12.4. The van der Waals surface area contributed by atoms with Gasteiger partial charge in [-0.3, -0.25) is 13.8 Å². The van der Waals surface area contributed by atoms with Crippen LogP contribution in [0.25, 0.3) is 0 Å². The summed E-state index contributed by atoms with van der Waals surface area (Å²) in [5, 5.41) is 2.58. The van der Waals surface area contributed by atoms with Gasteiger partial charge in [-0.1, -0.05) is 120 Å². The minimum atomic E-state index is -4.10. The van der Waals surface area contributed by atoms with Crippen LogP contribution in [0.5, 0.6) is 0 Å². The van der Waals surface area contributed by atoms with Crippen molar-refractivity contribution in [2.45, 2.75) is 116 Å². The van der Waals surface area contributed by atoms with Crippen molar-refractivity contribution in [2.75, 3.05) is 13.7 Å². The van der Waals surface area contributed by atoms with E-state index in [9.17, 15) is 14.3 Å². The number of hydrogen-bond donors (Lipinski definition) is 2. The number of phosphoric acid groups is 1. The second-order valence-electron chi connectivity index (χ2n) is 10.1. The minimum absolute atomic E-state index is 0. The topological polar surface area (TPSA) is 84.9 Å². The highest BCUT2D eigenvalue weighted by molar-refractivity contribution is 7.47. The summed E-state index contributed by atoms with van der Waals surface area (Å²) in [5.74, 6) is 0.00135. The maximum Gasteiger partial charge on any atom is 0.472 e. The van der Waals surface area contributed by atoms with E-state index in [1.54, 1.807) is 7.05 Å². The summed E-state index contributed by atoms with van der Waals surface area (Å²) < 4.78 is 23.1. The molecule has 2 N–H and O–H groups in total. The number of unbranched alkanes of at least 4 members (excludes halogenated alkanes) is 5. The number of carbonyl (C=O) groups is 1. The van der Waals surface area contributed by atoms with E-state index >= 15 is 0 Å². The zero-order valence-corrected chi connectivity index (χ0v) is 26.5. The summed E-state index contributed by atoms with van der Waals surface area (Å²) in [6.07, 6.45) is 10.8. The number of benzene rings is 2. The first-order valence-electron chi connectivity index (χ1n) is 15.3. The van der Waals surface area contributed by atoms with Gasteiger partial charge in [0, 0.05) is 20.3 Å². The Morgan fingerprint density at radius 2 is 1.40 bits per heavy atom. The SMILES string of the molecule is CC.CCCCCC.CNC(=O)CCCCCOP(=O)(O)OC1CCC(c2ccccc2)(c2ccccc2)CC1.[HH]. The van der Waals surface area contributed by atoms with Crippen LogP contribution in [0.15, 0.2) is 60.7 Å². The van der Waals surface area contributed by atoms with E-state index in [0.717, 1.165) is 25.7 Å². The predicted octanol–water partition coefficient (Wildman–Crippen LogP) is 9.21. The van der Waals surface area contributed by atoms with Crippen molar-refractivity contribution in [1.29, 1.82) is 0 Å². The zero-order chi connectivity index (χ0) is 29.7. The van der Waals surface area contributed by atoms with E-state index in [-0.39, 0.29) is 25.5 Å². The fraction of sp³-hybridized carbons (Fsp3) is 0.606. The molecule has 0 aliphatic heterocycles. The van der Waals surface area contributed by atoms with Crippen LogP contribution in [0.1, 0.15) is 117 Å². The first kappa shape index (κ1) is 36.0. The highest BCUT2D eigenvalue weighted by atomic mass is 31.2. The molecule has 0 spiro atoms. The van der Waals surface area contributed by atoms with Crippen molar-refractivity contribution < 1.29 is 24.7 Å².